The van der Waals surface area contributed by atoms with Crippen LogP contribution in [-0.2, 0) is 6.54 Å². The first-order valence-corrected chi connectivity index (χ1v) is 8.86. The maximum absolute atomic E-state index is 5.50. The number of para-hydroxylation sites is 2. The summed E-state index contributed by atoms with van der Waals surface area (Å²) < 4.78 is 5.50. The van der Waals surface area contributed by atoms with Gasteiger partial charge in [0.25, 0.3) is 0 Å². The van der Waals surface area contributed by atoms with E-state index in [4.69, 9.17) is 4.74 Å². The topological polar surface area (TPSA) is 15.7 Å². The monoisotopic (exact) mass is 324 g/mol. The molecule has 3 nitrogen and oxygen atoms in total. The Kier molecular flexibility index (Phi) is 5.41. The normalized spacial score (nSPS) is 15.8. The second kappa shape index (κ2) is 7.71. The van der Waals surface area contributed by atoms with Crippen LogP contribution < -0.4 is 9.64 Å². The zero-order chi connectivity index (χ0) is 16.9. The molecule has 2 aromatic rings. The molecule has 1 fully saturated rings. The van der Waals surface area contributed by atoms with Crippen molar-refractivity contribution in [3.63, 3.8) is 0 Å². The third-order valence-corrected chi connectivity index (χ3v) is 4.85. The van der Waals surface area contributed by atoms with Gasteiger partial charge in [0.1, 0.15) is 5.75 Å². The van der Waals surface area contributed by atoms with Crippen molar-refractivity contribution in [3.8, 4) is 5.75 Å². The molecule has 1 aliphatic heterocycles. The SMILES string of the molecule is COc1ccccc1N1CCN(Cc2ccc(C(C)C)cc2)CC1. The summed E-state index contributed by atoms with van der Waals surface area (Å²) in [5.74, 6) is 1.57. The Hall–Kier alpha value is -2.00. The first kappa shape index (κ1) is 16.8. The zero-order valence-electron chi connectivity index (χ0n) is 15.0. The van der Waals surface area contributed by atoms with Crippen LogP contribution in [0.3, 0.4) is 0 Å². The van der Waals surface area contributed by atoms with E-state index in [0.717, 1.165) is 38.5 Å². The smallest absolute Gasteiger partial charge is 0.142 e. The highest BCUT2D eigenvalue weighted by molar-refractivity contribution is 5.58. The lowest BCUT2D eigenvalue weighted by atomic mass is 10.0. The van der Waals surface area contributed by atoms with E-state index in [2.05, 4.69) is 60.0 Å². The Balaban J connectivity index is 1.57. The number of ether oxygens (including phenoxy) is 1. The molecule has 0 aliphatic carbocycles. The van der Waals surface area contributed by atoms with Crippen molar-refractivity contribution in [3.05, 3.63) is 59.7 Å². The Bertz CT molecular complexity index is 643. The summed E-state index contributed by atoms with van der Waals surface area (Å²) in [6, 6.07) is 17.4. The lowest BCUT2D eigenvalue weighted by Crippen LogP contribution is -2.46. The molecular weight excluding hydrogens is 296 g/mol. The van der Waals surface area contributed by atoms with Gasteiger partial charge in [-0.05, 0) is 29.2 Å². The predicted octanol–water partition coefficient (Wildman–Crippen LogP) is 4.14. The van der Waals surface area contributed by atoms with Gasteiger partial charge in [-0.15, -0.1) is 0 Å². The van der Waals surface area contributed by atoms with Crippen molar-refractivity contribution >= 4 is 5.69 Å². The van der Waals surface area contributed by atoms with Gasteiger partial charge in [0.2, 0.25) is 0 Å². The van der Waals surface area contributed by atoms with Crippen molar-refractivity contribution in [2.75, 3.05) is 38.2 Å². The Morgan fingerprint density at radius 2 is 1.58 bits per heavy atom. The van der Waals surface area contributed by atoms with Gasteiger partial charge < -0.3 is 9.64 Å². The summed E-state index contributed by atoms with van der Waals surface area (Å²) in [5.41, 5.74) is 4.03. The minimum absolute atomic E-state index is 0.600. The van der Waals surface area contributed by atoms with Crippen molar-refractivity contribution in [1.29, 1.82) is 0 Å². The van der Waals surface area contributed by atoms with Gasteiger partial charge in [-0.1, -0.05) is 50.2 Å². The molecule has 1 aliphatic rings. The summed E-state index contributed by atoms with van der Waals surface area (Å²) >= 11 is 0. The Morgan fingerprint density at radius 1 is 0.917 bits per heavy atom. The van der Waals surface area contributed by atoms with E-state index < -0.39 is 0 Å². The fourth-order valence-corrected chi connectivity index (χ4v) is 3.30. The van der Waals surface area contributed by atoms with Crippen LogP contribution in [0.1, 0.15) is 30.9 Å². The zero-order valence-corrected chi connectivity index (χ0v) is 15.0. The van der Waals surface area contributed by atoms with Crippen molar-refractivity contribution in [2.45, 2.75) is 26.3 Å². The lowest BCUT2D eigenvalue weighted by molar-refractivity contribution is 0.249. The predicted molar refractivity (Wildman–Crippen MR) is 101 cm³/mol. The highest BCUT2D eigenvalue weighted by Crippen LogP contribution is 2.28. The van der Waals surface area contributed by atoms with Crippen molar-refractivity contribution in [2.24, 2.45) is 0 Å². The molecule has 0 bridgehead atoms. The second-order valence-corrected chi connectivity index (χ2v) is 6.83. The molecule has 2 aromatic carbocycles. The third-order valence-electron chi connectivity index (χ3n) is 4.85. The van der Waals surface area contributed by atoms with Crippen molar-refractivity contribution in [1.82, 2.24) is 4.90 Å². The average molecular weight is 324 g/mol. The number of nitrogens with zero attached hydrogens (tertiary/aromatic N) is 2. The van der Waals surface area contributed by atoms with Gasteiger partial charge in [0.15, 0.2) is 0 Å². The van der Waals surface area contributed by atoms with Crippen LogP contribution in [0.15, 0.2) is 48.5 Å². The maximum atomic E-state index is 5.50. The fraction of sp³-hybridized carbons (Fsp3) is 0.429. The van der Waals surface area contributed by atoms with Gasteiger partial charge in [-0.2, -0.15) is 0 Å². The summed E-state index contributed by atoms with van der Waals surface area (Å²) in [7, 11) is 1.75. The van der Waals surface area contributed by atoms with E-state index in [1.807, 2.05) is 12.1 Å². The van der Waals surface area contributed by atoms with Crippen LogP contribution in [0.4, 0.5) is 5.69 Å². The maximum Gasteiger partial charge on any atom is 0.142 e. The fourth-order valence-electron chi connectivity index (χ4n) is 3.30. The van der Waals surface area contributed by atoms with Gasteiger partial charge in [0.05, 0.1) is 12.8 Å². The standard InChI is InChI=1S/C21H28N2O/c1-17(2)19-10-8-18(9-11-19)16-22-12-14-23(15-13-22)20-6-4-5-7-21(20)24-3/h4-11,17H,12-16H2,1-3H3. The largest absolute Gasteiger partial charge is 0.495 e. The number of benzene rings is 2. The first-order valence-electron chi connectivity index (χ1n) is 8.86. The molecule has 0 aromatic heterocycles. The quantitative estimate of drug-likeness (QED) is 0.822. The van der Waals surface area contributed by atoms with E-state index in [9.17, 15) is 0 Å². The second-order valence-electron chi connectivity index (χ2n) is 6.83. The number of rotatable bonds is 5. The van der Waals surface area contributed by atoms with Crippen LogP contribution in [-0.4, -0.2) is 38.2 Å². The van der Waals surface area contributed by atoms with Crippen LogP contribution in [0.25, 0.3) is 0 Å². The van der Waals surface area contributed by atoms with E-state index >= 15 is 0 Å². The summed E-state index contributed by atoms with van der Waals surface area (Å²) in [4.78, 5) is 4.97. The third kappa shape index (κ3) is 3.90. The molecule has 3 heteroatoms. The minimum atomic E-state index is 0.600. The van der Waals surface area contributed by atoms with Gasteiger partial charge in [-0.25, -0.2) is 0 Å². The molecule has 1 saturated heterocycles. The Morgan fingerprint density at radius 3 is 2.21 bits per heavy atom. The minimum Gasteiger partial charge on any atom is -0.495 e. The molecule has 0 atom stereocenters. The molecule has 0 N–H and O–H groups in total. The van der Waals surface area contributed by atoms with Crippen molar-refractivity contribution < 1.29 is 4.74 Å². The Labute approximate surface area is 145 Å². The van der Waals surface area contributed by atoms with E-state index in [1.165, 1.54) is 16.8 Å². The number of hydrogen-bond acceptors (Lipinski definition) is 3. The molecule has 0 spiro atoms. The van der Waals surface area contributed by atoms with Crippen LogP contribution in [0.5, 0.6) is 5.75 Å². The average Bonchev–Trinajstić information content (AvgIpc) is 2.63. The molecule has 0 saturated carbocycles. The molecule has 1 heterocycles. The van der Waals surface area contributed by atoms with E-state index in [1.54, 1.807) is 7.11 Å². The van der Waals surface area contributed by atoms with E-state index in [-0.39, 0.29) is 0 Å². The van der Waals surface area contributed by atoms with Gasteiger partial charge in [-0.3, -0.25) is 4.90 Å². The highest BCUT2D eigenvalue weighted by atomic mass is 16.5. The number of anilines is 1. The first-order chi connectivity index (χ1) is 11.7. The summed E-state index contributed by atoms with van der Waals surface area (Å²) in [6.07, 6.45) is 0. The lowest BCUT2D eigenvalue weighted by Gasteiger charge is -2.36. The molecular formula is C21H28N2O. The number of piperazine rings is 1. The van der Waals surface area contributed by atoms with Crippen LogP contribution in [0.2, 0.25) is 0 Å². The molecule has 24 heavy (non-hydrogen) atoms. The van der Waals surface area contributed by atoms with Gasteiger partial charge in [0, 0.05) is 32.7 Å². The van der Waals surface area contributed by atoms with Crippen LogP contribution >= 0.6 is 0 Å². The molecule has 0 radical (unpaired) electrons. The summed E-state index contributed by atoms with van der Waals surface area (Å²) in [5, 5.41) is 0. The number of methoxy groups -OCH3 is 1. The van der Waals surface area contributed by atoms with Crippen LogP contribution in [0, 0.1) is 0 Å². The molecule has 0 unspecified atom stereocenters. The summed E-state index contributed by atoms with van der Waals surface area (Å²) in [6.45, 7) is 9.79. The number of hydrogen-bond donors (Lipinski definition) is 0. The van der Waals surface area contributed by atoms with Gasteiger partial charge >= 0.3 is 0 Å². The molecule has 0 amide bonds. The highest BCUT2D eigenvalue weighted by Gasteiger charge is 2.19. The molecule has 128 valence electrons. The van der Waals surface area contributed by atoms with E-state index in [0.29, 0.717) is 5.92 Å². The molecule has 3 rings (SSSR count).